The number of para-hydroxylation sites is 1. The first-order chi connectivity index (χ1) is 25.6. The fourth-order valence-electron chi connectivity index (χ4n) is 6.50. The summed E-state index contributed by atoms with van der Waals surface area (Å²) in [4.78, 5) is 59.2. The van der Waals surface area contributed by atoms with Crippen LogP contribution in [0.1, 0.15) is 78.5 Å². The maximum Gasteiger partial charge on any atom is 0.433 e. The first-order valence-electron chi connectivity index (χ1n) is 17.6. The summed E-state index contributed by atoms with van der Waals surface area (Å²) in [7, 11) is -4.06. The van der Waals surface area contributed by atoms with Crippen LogP contribution in [0.4, 0.5) is 31.1 Å². The largest absolute Gasteiger partial charge is 0.488 e. The summed E-state index contributed by atoms with van der Waals surface area (Å²) in [6, 6.07) is 0.0925. The van der Waals surface area contributed by atoms with E-state index >= 15 is 0 Å². The third-order valence-electron chi connectivity index (χ3n) is 9.56. The Morgan fingerprint density at radius 3 is 2.18 bits per heavy atom. The monoisotopic (exact) mass is 819 g/mol. The second-order valence-corrected chi connectivity index (χ2v) is 18.3. The summed E-state index contributed by atoms with van der Waals surface area (Å²) >= 11 is 0. The van der Waals surface area contributed by atoms with Crippen molar-refractivity contribution in [2.75, 3.05) is 6.54 Å². The predicted molar refractivity (Wildman–Crippen MR) is 188 cm³/mol. The molecular weight excluding hydrogens is 776 g/mol. The van der Waals surface area contributed by atoms with E-state index in [1.807, 2.05) is 4.72 Å². The predicted octanol–water partition coefficient (Wildman–Crippen LogP) is 5.23. The molecule has 2 aliphatic carbocycles. The Hall–Kier alpha value is -4.62. The molecule has 0 radical (unpaired) electrons. The third kappa shape index (κ3) is 9.15. The minimum atomic E-state index is -5.20. The zero-order valence-corrected chi connectivity index (χ0v) is 32.2. The molecule has 56 heavy (non-hydrogen) atoms. The topological polar surface area (TPSA) is 173 Å². The summed E-state index contributed by atoms with van der Waals surface area (Å²) < 4.78 is 122. The van der Waals surface area contributed by atoms with Gasteiger partial charge in [-0.2, -0.15) is 26.3 Å². The molecule has 1 aliphatic heterocycles. The number of carbonyl (C=O) groups excluding carboxylic acids is 4. The van der Waals surface area contributed by atoms with E-state index in [0.717, 1.165) is 17.0 Å². The first kappa shape index (κ1) is 42.5. The normalized spacial score (nSPS) is 23.6. The number of fused-ring (bicyclic) bond motifs is 1. The van der Waals surface area contributed by atoms with Crippen LogP contribution in [0.3, 0.4) is 0 Å². The quantitative estimate of drug-likeness (QED) is 0.215. The number of aromatic nitrogens is 1. The third-order valence-corrected chi connectivity index (χ3v) is 11.4. The van der Waals surface area contributed by atoms with Gasteiger partial charge in [-0.3, -0.25) is 19.1 Å². The lowest BCUT2D eigenvalue weighted by molar-refractivity contribution is -0.143. The van der Waals surface area contributed by atoms with Gasteiger partial charge in [0.05, 0.1) is 22.9 Å². The van der Waals surface area contributed by atoms with Gasteiger partial charge < -0.3 is 25.0 Å². The van der Waals surface area contributed by atoms with Gasteiger partial charge in [-0.1, -0.05) is 32.9 Å². The number of halogens is 6. The van der Waals surface area contributed by atoms with Crippen molar-refractivity contribution < 1.29 is 63.4 Å². The van der Waals surface area contributed by atoms with Crippen molar-refractivity contribution in [2.45, 2.75) is 114 Å². The standard InChI is InChI=1S/C36H43F6N5O8S/c1-8-18-16-34(18,30(50)46-56(52,53)20-12-13-20)45-28(48)23-14-19(17-47(23)29(49)27(32(2,3)4)44-31(51)55-33(5,6)7)54-24-15-25(36(40,41)42)43-26-21(24)10-9-11-22(26)35(37,38)39/h8-11,15,18-20,23,27H,1,12-14,16-17H2,2-7H3,(H,44,51)(H,45,48)(H,46,50)/t18?,19-,23+,27-,34-/m1/s1. The molecule has 5 atom stereocenters. The number of alkyl halides is 6. The van der Waals surface area contributed by atoms with Gasteiger partial charge >= 0.3 is 18.4 Å². The van der Waals surface area contributed by atoms with Crippen molar-refractivity contribution in [1.29, 1.82) is 0 Å². The number of hydrogen-bond acceptors (Lipinski definition) is 9. The highest BCUT2D eigenvalue weighted by Gasteiger charge is 2.62. The maximum atomic E-state index is 14.4. The van der Waals surface area contributed by atoms with Crippen molar-refractivity contribution >= 4 is 44.7 Å². The summed E-state index contributed by atoms with van der Waals surface area (Å²) in [6.07, 6.45) is -11.1. The van der Waals surface area contributed by atoms with Gasteiger partial charge in [0.25, 0.3) is 5.91 Å². The van der Waals surface area contributed by atoms with Crippen LogP contribution >= 0.6 is 0 Å². The van der Waals surface area contributed by atoms with Crippen LogP contribution < -0.4 is 20.1 Å². The molecule has 1 aromatic heterocycles. The Bertz CT molecular complexity index is 2040. The lowest BCUT2D eigenvalue weighted by atomic mass is 9.85. The van der Waals surface area contributed by atoms with Crippen molar-refractivity contribution in [3.05, 3.63) is 48.2 Å². The number of ether oxygens (including phenoxy) is 2. The Morgan fingerprint density at radius 2 is 1.66 bits per heavy atom. The highest BCUT2D eigenvalue weighted by molar-refractivity contribution is 7.91. The minimum Gasteiger partial charge on any atom is -0.488 e. The smallest absolute Gasteiger partial charge is 0.433 e. The fraction of sp³-hybridized carbons (Fsp3) is 0.583. The van der Waals surface area contributed by atoms with Gasteiger partial charge in [-0.25, -0.2) is 18.2 Å². The van der Waals surface area contributed by atoms with Crippen LogP contribution in [0.5, 0.6) is 5.75 Å². The zero-order valence-electron chi connectivity index (χ0n) is 31.4. The zero-order chi connectivity index (χ0) is 42.0. The maximum absolute atomic E-state index is 14.4. The molecular formula is C36H43F6N5O8S. The van der Waals surface area contributed by atoms with Crippen LogP contribution in [0.2, 0.25) is 0 Å². The summed E-state index contributed by atoms with van der Waals surface area (Å²) in [5, 5.41) is 3.86. The molecule has 3 N–H and O–H groups in total. The van der Waals surface area contributed by atoms with Crippen LogP contribution in [0.15, 0.2) is 36.9 Å². The molecule has 1 unspecified atom stereocenters. The lowest BCUT2D eigenvalue weighted by Gasteiger charge is -2.36. The van der Waals surface area contributed by atoms with E-state index in [2.05, 4.69) is 22.2 Å². The van der Waals surface area contributed by atoms with E-state index in [0.29, 0.717) is 25.0 Å². The molecule has 1 aromatic carbocycles. The second-order valence-electron chi connectivity index (χ2n) is 16.3. The van der Waals surface area contributed by atoms with Crippen molar-refractivity contribution in [1.82, 2.24) is 25.2 Å². The number of carbonyl (C=O) groups is 4. The average Bonchev–Trinajstić information content (AvgIpc) is 3.97. The van der Waals surface area contributed by atoms with Crippen molar-refractivity contribution in [3.8, 4) is 5.75 Å². The first-order valence-corrected chi connectivity index (χ1v) is 19.2. The molecule has 0 spiro atoms. The number of hydrogen-bond donors (Lipinski definition) is 3. The number of nitrogens with one attached hydrogen (secondary N) is 3. The molecule has 308 valence electrons. The van der Waals surface area contributed by atoms with Crippen LogP contribution in [0.25, 0.3) is 10.9 Å². The van der Waals surface area contributed by atoms with E-state index in [1.165, 1.54) is 6.08 Å². The molecule has 2 saturated carbocycles. The molecule has 3 aliphatic rings. The molecule has 5 rings (SSSR count). The lowest BCUT2D eigenvalue weighted by Crippen LogP contribution is -2.60. The fourth-order valence-corrected chi connectivity index (χ4v) is 7.87. The molecule has 4 amide bonds. The van der Waals surface area contributed by atoms with E-state index < -0.39 is 133 Å². The average molecular weight is 820 g/mol. The Labute approximate surface area is 319 Å². The van der Waals surface area contributed by atoms with Gasteiger partial charge in [0.15, 0.2) is 0 Å². The van der Waals surface area contributed by atoms with Gasteiger partial charge in [0, 0.05) is 23.8 Å². The molecule has 13 nitrogen and oxygen atoms in total. The van der Waals surface area contributed by atoms with Gasteiger partial charge in [-0.15, -0.1) is 6.58 Å². The van der Waals surface area contributed by atoms with E-state index in [1.54, 1.807) is 41.5 Å². The van der Waals surface area contributed by atoms with Crippen molar-refractivity contribution in [3.63, 3.8) is 0 Å². The number of nitrogens with zero attached hydrogens (tertiary/aromatic N) is 2. The molecule has 2 aromatic rings. The molecule has 3 fully saturated rings. The number of sulfonamides is 1. The van der Waals surface area contributed by atoms with Gasteiger partial charge in [-0.05, 0) is 57.6 Å². The number of rotatable bonds is 10. The van der Waals surface area contributed by atoms with Crippen LogP contribution in [-0.4, -0.2) is 83.2 Å². The van der Waals surface area contributed by atoms with E-state index in [9.17, 15) is 53.9 Å². The van der Waals surface area contributed by atoms with Crippen LogP contribution in [-0.2, 0) is 41.5 Å². The highest BCUT2D eigenvalue weighted by Crippen LogP contribution is 2.46. The van der Waals surface area contributed by atoms with E-state index in [-0.39, 0.29) is 6.42 Å². The minimum absolute atomic E-state index is 0.0512. The summed E-state index contributed by atoms with van der Waals surface area (Å²) in [5.41, 5.74) is -8.01. The molecule has 0 bridgehead atoms. The van der Waals surface area contributed by atoms with Gasteiger partial charge in [0.1, 0.15) is 40.8 Å². The summed E-state index contributed by atoms with van der Waals surface area (Å²) in [5.74, 6) is -4.26. The van der Waals surface area contributed by atoms with Crippen molar-refractivity contribution in [2.24, 2.45) is 11.3 Å². The molecule has 20 heteroatoms. The number of pyridine rings is 1. The van der Waals surface area contributed by atoms with Gasteiger partial charge in [0.2, 0.25) is 21.8 Å². The summed E-state index contributed by atoms with van der Waals surface area (Å²) in [6.45, 7) is 12.7. The molecule has 1 saturated heterocycles. The SMILES string of the molecule is C=CC1C[C@]1(NC(=O)[C@@H]1C[C@@H](Oc2cc(C(F)(F)F)nc3c(C(F)(F)F)cccc23)CN1C(=O)[C@@H](NC(=O)OC(C)(C)C)C(C)(C)C)C(=O)NS(=O)(=O)C1CC1. The number of amides is 4. The van der Waals surface area contributed by atoms with Crippen LogP contribution in [0, 0.1) is 11.3 Å². The number of alkyl carbamates (subject to hydrolysis) is 1. The number of likely N-dealkylation sites (tertiary alicyclic amines) is 1. The van der Waals surface area contributed by atoms with E-state index in [4.69, 9.17) is 9.47 Å². The number of benzene rings is 1. The Balaban J connectivity index is 1.53. The Kier molecular flexibility index (Phi) is 10.9. The Morgan fingerprint density at radius 1 is 1.02 bits per heavy atom. The highest BCUT2D eigenvalue weighted by atomic mass is 32.2. The second kappa shape index (κ2) is 14.4. The molecule has 2 heterocycles.